The van der Waals surface area contributed by atoms with Gasteiger partial charge in [-0.2, -0.15) is 0 Å². The number of ether oxygens (including phenoxy) is 2. The van der Waals surface area contributed by atoms with E-state index in [4.69, 9.17) is 15.2 Å². The minimum atomic E-state index is -0.232. The minimum absolute atomic E-state index is 0.151. The number of aromatic nitrogens is 3. The molecule has 0 atom stereocenters. The monoisotopic (exact) mass is 289 g/mol. The van der Waals surface area contributed by atoms with E-state index in [1.165, 1.54) is 0 Å². The van der Waals surface area contributed by atoms with Crippen molar-refractivity contribution in [1.82, 2.24) is 20.3 Å². The molecule has 0 saturated heterocycles. The molecule has 1 aromatic carbocycles. The number of hydrogen-bond acceptors (Lipinski definition) is 6. The highest BCUT2D eigenvalue weighted by atomic mass is 16.7. The molecular formula is C13H15N5O3. The Morgan fingerprint density at radius 2 is 2.19 bits per heavy atom. The number of carbonyl (C=O) groups is 1. The van der Waals surface area contributed by atoms with Gasteiger partial charge in [0.2, 0.25) is 6.79 Å². The third-order valence-corrected chi connectivity index (χ3v) is 3.11. The molecule has 3 N–H and O–H groups in total. The molecule has 1 aliphatic heterocycles. The normalized spacial score (nSPS) is 12.4. The Morgan fingerprint density at radius 1 is 1.38 bits per heavy atom. The zero-order valence-corrected chi connectivity index (χ0v) is 11.3. The number of nitrogens with one attached hydrogen (secondary N) is 1. The number of amides is 1. The maximum absolute atomic E-state index is 12.1. The Hall–Kier alpha value is -2.77. The number of benzene rings is 1. The Morgan fingerprint density at radius 3 is 2.95 bits per heavy atom. The van der Waals surface area contributed by atoms with Gasteiger partial charge in [0.1, 0.15) is 0 Å². The molecule has 0 radical (unpaired) electrons. The highest BCUT2D eigenvalue weighted by molar-refractivity contribution is 6.00. The molecule has 0 unspecified atom stereocenters. The number of anilines is 1. The van der Waals surface area contributed by atoms with E-state index in [1.54, 1.807) is 29.2 Å². The molecule has 0 fully saturated rings. The second kappa shape index (κ2) is 5.70. The van der Waals surface area contributed by atoms with E-state index >= 15 is 0 Å². The standard InChI is InChI=1S/C13H15N5O3/c14-10-7-12-11(20-8-21-12)6-9(10)13(19)15-2-1-4-18-5-3-16-17-18/h3,5-7H,1-2,4,8,14H2,(H,15,19). The van der Waals surface area contributed by atoms with Crippen LogP contribution in [-0.4, -0.2) is 34.2 Å². The Balaban J connectivity index is 1.55. The summed E-state index contributed by atoms with van der Waals surface area (Å²) in [5.41, 5.74) is 6.61. The van der Waals surface area contributed by atoms with Crippen molar-refractivity contribution in [2.45, 2.75) is 13.0 Å². The van der Waals surface area contributed by atoms with Crippen LogP contribution in [0.25, 0.3) is 0 Å². The molecule has 2 heterocycles. The first kappa shape index (κ1) is 13.2. The Labute approximate surface area is 120 Å². The molecule has 1 aromatic heterocycles. The van der Waals surface area contributed by atoms with E-state index in [1.807, 2.05) is 0 Å². The van der Waals surface area contributed by atoms with Crippen molar-refractivity contribution in [3.63, 3.8) is 0 Å². The number of rotatable bonds is 5. The van der Waals surface area contributed by atoms with E-state index in [9.17, 15) is 4.79 Å². The fourth-order valence-electron chi connectivity index (χ4n) is 2.04. The van der Waals surface area contributed by atoms with E-state index in [0.29, 0.717) is 35.8 Å². The molecule has 110 valence electrons. The van der Waals surface area contributed by atoms with Gasteiger partial charge in [-0.05, 0) is 12.5 Å². The average Bonchev–Trinajstić information content (AvgIpc) is 3.13. The van der Waals surface area contributed by atoms with Crippen LogP contribution in [0.3, 0.4) is 0 Å². The average molecular weight is 289 g/mol. The molecule has 0 spiro atoms. The number of nitrogens with zero attached hydrogens (tertiary/aromatic N) is 3. The van der Waals surface area contributed by atoms with Crippen LogP contribution in [0, 0.1) is 0 Å². The summed E-state index contributed by atoms with van der Waals surface area (Å²) in [7, 11) is 0. The summed E-state index contributed by atoms with van der Waals surface area (Å²) in [4.78, 5) is 12.1. The summed E-state index contributed by atoms with van der Waals surface area (Å²) in [6.45, 7) is 1.36. The summed E-state index contributed by atoms with van der Waals surface area (Å²) in [6.07, 6.45) is 4.14. The molecule has 21 heavy (non-hydrogen) atoms. The lowest BCUT2D eigenvalue weighted by Crippen LogP contribution is -2.26. The van der Waals surface area contributed by atoms with Crippen molar-refractivity contribution in [1.29, 1.82) is 0 Å². The van der Waals surface area contributed by atoms with Gasteiger partial charge in [-0.15, -0.1) is 5.10 Å². The molecular weight excluding hydrogens is 274 g/mol. The fraction of sp³-hybridized carbons (Fsp3) is 0.308. The van der Waals surface area contributed by atoms with Crippen LogP contribution in [0.1, 0.15) is 16.8 Å². The molecule has 1 aliphatic rings. The number of hydrogen-bond donors (Lipinski definition) is 2. The lowest BCUT2D eigenvalue weighted by molar-refractivity contribution is 0.0953. The van der Waals surface area contributed by atoms with E-state index in [2.05, 4.69) is 15.6 Å². The second-order valence-corrected chi connectivity index (χ2v) is 4.57. The van der Waals surface area contributed by atoms with Crippen molar-refractivity contribution in [2.24, 2.45) is 0 Å². The van der Waals surface area contributed by atoms with Gasteiger partial charge in [0.25, 0.3) is 5.91 Å². The third-order valence-electron chi connectivity index (χ3n) is 3.11. The lowest BCUT2D eigenvalue weighted by atomic mass is 10.1. The molecule has 8 nitrogen and oxygen atoms in total. The lowest BCUT2D eigenvalue weighted by Gasteiger charge is -2.08. The smallest absolute Gasteiger partial charge is 0.253 e. The van der Waals surface area contributed by atoms with Gasteiger partial charge < -0.3 is 20.5 Å². The van der Waals surface area contributed by atoms with Gasteiger partial charge in [0.05, 0.1) is 11.8 Å². The summed E-state index contributed by atoms with van der Waals surface area (Å²) in [6, 6.07) is 3.21. The topological polar surface area (TPSA) is 104 Å². The number of fused-ring (bicyclic) bond motifs is 1. The molecule has 3 rings (SSSR count). The quantitative estimate of drug-likeness (QED) is 0.610. The number of nitrogen functional groups attached to an aromatic ring is 1. The first-order chi connectivity index (χ1) is 10.2. The van der Waals surface area contributed by atoms with Crippen molar-refractivity contribution < 1.29 is 14.3 Å². The number of carbonyl (C=O) groups excluding carboxylic acids is 1. The van der Waals surface area contributed by atoms with Crippen molar-refractivity contribution in [3.8, 4) is 11.5 Å². The third kappa shape index (κ3) is 2.88. The molecule has 0 aliphatic carbocycles. The largest absolute Gasteiger partial charge is 0.454 e. The molecule has 0 bridgehead atoms. The predicted molar refractivity (Wildman–Crippen MR) is 73.9 cm³/mol. The SMILES string of the molecule is Nc1cc2c(cc1C(=O)NCCCn1ccnn1)OCO2. The summed E-state index contributed by atoms with van der Waals surface area (Å²) in [5.74, 6) is 0.872. The first-order valence-corrected chi connectivity index (χ1v) is 6.55. The van der Waals surface area contributed by atoms with Crippen LogP contribution in [0.2, 0.25) is 0 Å². The highest BCUT2D eigenvalue weighted by Gasteiger charge is 2.19. The molecule has 1 amide bonds. The molecule has 0 saturated carbocycles. The van der Waals surface area contributed by atoms with Crippen LogP contribution in [0.5, 0.6) is 11.5 Å². The zero-order valence-electron chi connectivity index (χ0n) is 11.3. The Bertz CT molecular complexity index is 642. The highest BCUT2D eigenvalue weighted by Crippen LogP contribution is 2.35. The van der Waals surface area contributed by atoms with Crippen molar-refractivity contribution >= 4 is 11.6 Å². The van der Waals surface area contributed by atoms with Crippen LogP contribution in [0.4, 0.5) is 5.69 Å². The number of nitrogens with two attached hydrogens (primary N) is 1. The zero-order chi connectivity index (χ0) is 14.7. The first-order valence-electron chi connectivity index (χ1n) is 6.55. The second-order valence-electron chi connectivity index (χ2n) is 4.57. The summed E-state index contributed by atoms with van der Waals surface area (Å²) >= 11 is 0. The van der Waals surface area contributed by atoms with Gasteiger partial charge >= 0.3 is 0 Å². The Kier molecular flexibility index (Phi) is 3.59. The summed E-state index contributed by atoms with van der Waals surface area (Å²) < 4.78 is 12.2. The van der Waals surface area contributed by atoms with Gasteiger partial charge in [-0.25, -0.2) is 0 Å². The van der Waals surface area contributed by atoms with E-state index in [-0.39, 0.29) is 12.7 Å². The van der Waals surface area contributed by atoms with Gasteiger partial charge in [0.15, 0.2) is 11.5 Å². The molecule has 8 heteroatoms. The van der Waals surface area contributed by atoms with Crippen LogP contribution in [-0.2, 0) is 6.54 Å². The van der Waals surface area contributed by atoms with Gasteiger partial charge in [-0.3, -0.25) is 9.48 Å². The number of aryl methyl sites for hydroxylation is 1. The maximum atomic E-state index is 12.1. The predicted octanol–water partition coefficient (Wildman–Crippen LogP) is 0.409. The van der Waals surface area contributed by atoms with Crippen LogP contribution < -0.4 is 20.5 Å². The minimum Gasteiger partial charge on any atom is -0.454 e. The van der Waals surface area contributed by atoms with Gasteiger partial charge in [-0.1, -0.05) is 5.21 Å². The van der Waals surface area contributed by atoms with E-state index < -0.39 is 0 Å². The van der Waals surface area contributed by atoms with Crippen LogP contribution in [0.15, 0.2) is 24.5 Å². The van der Waals surface area contributed by atoms with Crippen LogP contribution >= 0.6 is 0 Å². The van der Waals surface area contributed by atoms with Crippen molar-refractivity contribution in [3.05, 3.63) is 30.1 Å². The van der Waals surface area contributed by atoms with E-state index in [0.717, 1.165) is 6.42 Å². The van der Waals surface area contributed by atoms with Gasteiger partial charge in [0, 0.05) is 31.0 Å². The van der Waals surface area contributed by atoms with Crippen molar-refractivity contribution in [2.75, 3.05) is 19.1 Å². The molecule has 2 aromatic rings. The fourth-order valence-corrected chi connectivity index (χ4v) is 2.04. The maximum Gasteiger partial charge on any atom is 0.253 e. The summed E-state index contributed by atoms with van der Waals surface area (Å²) in [5, 5.41) is 10.4.